The Morgan fingerprint density at radius 1 is 1.05 bits per heavy atom. The second kappa shape index (κ2) is 12.7. The third-order valence-corrected chi connectivity index (χ3v) is 8.00. The summed E-state index contributed by atoms with van der Waals surface area (Å²) in [5, 5.41) is 13.7. The van der Waals surface area contributed by atoms with E-state index in [1.54, 1.807) is 18.3 Å². The molecular formula is C31H37F2N5O3. The number of anilines is 3. The lowest BCUT2D eigenvalue weighted by Gasteiger charge is -2.41. The Balaban J connectivity index is 1.24. The maximum Gasteiger partial charge on any atom is 0.387 e. The molecule has 0 saturated carbocycles. The summed E-state index contributed by atoms with van der Waals surface area (Å²) in [5.41, 5.74) is 4.22. The second-order valence-electron chi connectivity index (χ2n) is 10.7. The maximum absolute atomic E-state index is 13.7. The summed E-state index contributed by atoms with van der Waals surface area (Å²) in [6.45, 7) is 3.98. The highest BCUT2D eigenvalue weighted by Crippen LogP contribution is 2.32. The lowest BCUT2D eigenvalue weighted by molar-refractivity contribution is -0.0495. The zero-order valence-electron chi connectivity index (χ0n) is 23.5. The van der Waals surface area contributed by atoms with E-state index in [9.17, 15) is 18.7 Å². The number of para-hydroxylation sites is 2. The molecule has 1 atom stereocenters. The molecule has 2 aliphatic rings. The molecule has 1 aromatic heterocycles. The van der Waals surface area contributed by atoms with E-state index in [1.165, 1.54) is 0 Å². The van der Waals surface area contributed by atoms with E-state index in [4.69, 9.17) is 4.74 Å². The van der Waals surface area contributed by atoms with Crippen molar-refractivity contribution < 1.29 is 23.4 Å². The predicted octanol–water partition coefficient (Wildman–Crippen LogP) is 4.70. The fourth-order valence-corrected chi connectivity index (χ4v) is 5.83. The smallest absolute Gasteiger partial charge is 0.387 e. The lowest BCUT2D eigenvalue weighted by atomic mass is 9.99. The number of aryl methyl sites for hydroxylation is 2. The van der Waals surface area contributed by atoms with Crippen LogP contribution < -0.4 is 19.9 Å². The molecule has 0 radical (unpaired) electrons. The van der Waals surface area contributed by atoms with E-state index in [2.05, 4.69) is 20.1 Å². The fraction of sp³-hybridized carbons (Fsp3) is 0.419. The molecule has 2 aliphatic heterocycles. The first-order valence-corrected chi connectivity index (χ1v) is 14.1. The van der Waals surface area contributed by atoms with Gasteiger partial charge in [0.25, 0.3) is 5.91 Å². The molecule has 3 heterocycles. The van der Waals surface area contributed by atoms with Gasteiger partial charge in [0.05, 0.1) is 18.3 Å². The van der Waals surface area contributed by atoms with Crippen molar-refractivity contribution in [2.24, 2.45) is 0 Å². The van der Waals surface area contributed by atoms with Crippen molar-refractivity contribution in [3.8, 4) is 5.75 Å². The van der Waals surface area contributed by atoms with Crippen LogP contribution in [-0.2, 0) is 0 Å². The number of hydrogen-bond acceptors (Lipinski definition) is 7. The van der Waals surface area contributed by atoms with Crippen LogP contribution in [0.3, 0.4) is 0 Å². The molecule has 1 amide bonds. The van der Waals surface area contributed by atoms with E-state index < -0.39 is 6.61 Å². The Morgan fingerprint density at radius 3 is 2.51 bits per heavy atom. The van der Waals surface area contributed by atoms with Crippen LogP contribution in [-0.4, -0.2) is 78.9 Å². The molecule has 2 N–H and O–H groups in total. The highest BCUT2D eigenvalue weighted by molar-refractivity contribution is 5.97. The van der Waals surface area contributed by atoms with Gasteiger partial charge in [0.2, 0.25) is 0 Å². The number of piperidine rings is 1. The summed E-state index contributed by atoms with van der Waals surface area (Å²) >= 11 is 0. The van der Waals surface area contributed by atoms with Gasteiger partial charge in [-0.15, -0.1) is 0 Å². The van der Waals surface area contributed by atoms with Gasteiger partial charge in [-0.2, -0.15) is 8.78 Å². The predicted molar refractivity (Wildman–Crippen MR) is 156 cm³/mol. The number of piperazine rings is 1. The Kier molecular flexibility index (Phi) is 8.87. The van der Waals surface area contributed by atoms with Crippen LogP contribution in [0.4, 0.5) is 26.0 Å². The Morgan fingerprint density at radius 2 is 1.80 bits per heavy atom. The molecule has 0 spiro atoms. The second-order valence-corrected chi connectivity index (χ2v) is 10.7. The van der Waals surface area contributed by atoms with Gasteiger partial charge < -0.3 is 29.9 Å². The van der Waals surface area contributed by atoms with Gasteiger partial charge in [-0.25, -0.2) is 4.98 Å². The SMILES string of the molecule is Cc1cc(C)c(C(=O)N2CCN(c3ccccn3)C(CO)C2)cc1NC1CCN(c2ccccc2OC(F)F)CC1. The first kappa shape index (κ1) is 28.6. The van der Waals surface area contributed by atoms with E-state index in [1.807, 2.05) is 61.2 Å². The first-order chi connectivity index (χ1) is 19.8. The Bertz CT molecular complexity index is 1330. The van der Waals surface area contributed by atoms with Crippen molar-refractivity contribution in [3.05, 3.63) is 77.5 Å². The molecule has 10 heteroatoms. The van der Waals surface area contributed by atoms with Crippen LogP contribution in [0, 0.1) is 13.8 Å². The van der Waals surface area contributed by atoms with Gasteiger partial charge in [-0.05, 0) is 68.1 Å². The largest absolute Gasteiger partial charge is 0.433 e. The number of carbonyl (C=O) groups excluding carboxylic acids is 1. The molecule has 2 aromatic carbocycles. The summed E-state index contributed by atoms with van der Waals surface area (Å²) in [7, 11) is 0. The van der Waals surface area contributed by atoms with Crippen LogP contribution in [0.25, 0.3) is 0 Å². The fourth-order valence-electron chi connectivity index (χ4n) is 5.83. The van der Waals surface area contributed by atoms with Gasteiger partial charge in [0.1, 0.15) is 11.6 Å². The number of ether oxygens (including phenoxy) is 1. The first-order valence-electron chi connectivity index (χ1n) is 14.1. The van der Waals surface area contributed by atoms with Crippen molar-refractivity contribution in [3.63, 3.8) is 0 Å². The van der Waals surface area contributed by atoms with Crippen molar-refractivity contribution in [2.45, 2.75) is 45.4 Å². The number of aliphatic hydroxyl groups excluding tert-OH is 1. The highest BCUT2D eigenvalue weighted by Gasteiger charge is 2.31. The molecule has 5 rings (SSSR count). The van der Waals surface area contributed by atoms with Crippen molar-refractivity contribution in [1.82, 2.24) is 9.88 Å². The van der Waals surface area contributed by atoms with Gasteiger partial charge in [0.15, 0.2) is 0 Å². The minimum absolute atomic E-state index is 0.0462. The number of carbonyl (C=O) groups is 1. The van der Waals surface area contributed by atoms with E-state index >= 15 is 0 Å². The summed E-state index contributed by atoms with van der Waals surface area (Å²) in [4.78, 5) is 24.1. The highest BCUT2D eigenvalue weighted by atomic mass is 19.3. The van der Waals surface area contributed by atoms with Crippen LogP contribution in [0.5, 0.6) is 5.75 Å². The summed E-state index contributed by atoms with van der Waals surface area (Å²) in [6.07, 6.45) is 3.36. The average Bonchev–Trinajstić information content (AvgIpc) is 2.99. The summed E-state index contributed by atoms with van der Waals surface area (Å²) in [6, 6.07) is 16.5. The van der Waals surface area contributed by atoms with Crippen molar-refractivity contribution >= 4 is 23.1 Å². The molecule has 8 nitrogen and oxygen atoms in total. The summed E-state index contributed by atoms with van der Waals surface area (Å²) < 4.78 is 30.5. The standard InChI is InChI=1S/C31H37F2N5O3/c1-21-17-22(2)26(35-23-10-13-36(14-11-23)27-7-3-4-8-28(27)41-31(32)33)18-25(21)30(40)37-15-16-38(24(19-37)20-39)29-9-5-6-12-34-29/h3-9,12,17-18,23-24,31,35,39H,10-11,13-16,19-20H2,1-2H3. The molecule has 0 aliphatic carbocycles. The monoisotopic (exact) mass is 565 g/mol. The van der Waals surface area contributed by atoms with Crippen LogP contribution in [0.15, 0.2) is 60.8 Å². The molecule has 41 heavy (non-hydrogen) atoms. The zero-order chi connectivity index (χ0) is 28.9. The molecule has 2 fully saturated rings. The number of nitrogens with one attached hydrogen (secondary N) is 1. The van der Waals surface area contributed by atoms with E-state index in [-0.39, 0.29) is 30.3 Å². The zero-order valence-corrected chi connectivity index (χ0v) is 23.5. The summed E-state index contributed by atoms with van der Waals surface area (Å²) in [5.74, 6) is 0.943. The average molecular weight is 566 g/mol. The Hall–Kier alpha value is -3.92. The number of halogens is 2. The van der Waals surface area contributed by atoms with Crippen LogP contribution in [0.1, 0.15) is 34.3 Å². The number of aromatic nitrogens is 1. The topological polar surface area (TPSA) is 81.2 Å². The van der Waals surface area contributed by atoms with Crippen molar-refractivity contribution in [2.75, 3.05) is 54.4 Å². The molecule has 0 bridgehead atoms. The third-order valence-electron chi connectivity index (χ3n) is 8.00. The molecule has 218 valence electrons. The lowest BCUT2D eigenvalue weighted by Crippen LogP contribution is -2.56. The molecule has 3 aromatic rings. The van der Waals surface area contributed by atoms with Crippen LogP contribution >= 0.6 is 0 Å². The normalized spacial score (nSPS) is 18.1. The number of hydrogen-bond donors (Lipinski definition) is 2. The maximum atomic E-state index is 13.7. The number of rotatable bonds is 8. The number of alkyl halides is 2. The molecule has 1 unspecified atom stereocenters. The molecule has 2 saturated heterocycles. The number of nitrogens with zero attached hydrogens (tertiary/aromatic N) is 4. The number of amides is 1. The van der Waals surface area contributed by atoms with Gasteiger partial charge >= 0.3 is 6.61 Å². The van der Waals surface area contributed by atoms with E-state index in [0.29, 0.717) is 44.0 Å². The van der Waals surface area contributed by atoms with Gasteiger partial charge in [0, 0.05) is 56.2 Å². The van der Waals surface area contributed by atoms with Gasteiger partial charge in [-0.3, -0.25) is 4.79 Å². The van der Waals surface area contributed by atoms with E-state index in [0.717, 1.165) is 35.5 Å². The van der Waals surface area contributed by atoms with Crippen molar-refractivity contribution in [1.29, 1.82) is 0 Å². The number of benzene rings is 2. The molecular weight excluding hydrogens is 528 g/mol. The van der Waals surface area contributed by atoms with Gasteiger partial charge in [-0.1, -0.05) is 24.3 Å². The number of pyridine rings is 1. The number of aliphatic hydroxyl groups is 1. The minimum Gasteiger partial charge on any atom is -0.433 e. The quantitative estimate of drug-likeness (QED) is 0.410. The third kappa shape index (κ3) is 6.53. The van der Waals surface area contributed by atoms with Crippen LogP contribution in [0.2, 0.25) is 0 Å². The Labute approximate surface area is 239 Å². The minimum atomic E-state index is -2.86.